The van der Waals surface area contributed by atoms with Gasteiger partial charge in [0.1, 0.15) is 0 Å². The molecule has 1 atom stereocenters. The molecule has 1 saturated heterocycles. The van der Waals surface area contributed by atoms with E-state index in [4.69, 9.17) is 4.74 Å². The van der Waals surface area contributed by atoms with Crippen LogP contribution < -0.4 is 5.32 Å². The number of nitrogens with zero attached hydrogens (tertiary/aromatic N) is 1. The van der Waals surface area contributed by atoms with Crippen LogP contribution in [0.5, 0.6) is 0 Å². The average Bonchev–Trinajstić information content (AvgIpc) is 2.39. The molecule has 0 saturated carbocycles. The number of ether oxygens (including phenoxy) is 1. The Bertz CT molecular complexity index is 577. The van der Waals surface area contributed by atoms with Crippen molar-refractivity contribution in [2.45, 2.75) is 24.4 Å². The highest BCUT2D eigenvalue weighted by molar-refractivity contribution is 9.10. The summed E-state index contributed by atoms with van der Waals surface area (Å²) in [6.45, 7) is 3.84. The highest BCUT2D eigenvalue weighted by atomic mass is 79.9. The summed E-state index contributed by atoms with van der Waals surface area (Å²) in [4.78, 5) is 0.311. The first kappa shape index (κ1) is 15.9. The lowest BCUT2D eigenvalue weighted by molar-refractivity contribution is 0.0392. The molecule has 112 valence electrons. The van der Waals surface area contributed by atoms with Crippen LogP contribution in [0.25, 0.3) is 0 Å². The number of benzene rings is 1. The number of halogens is 1. The average molecular weight is 363 g/mol. The van der Waals surface area contributed by atoms with Crippen molar-refractivity contribution in [2.24, 2.45) is 0 Å². The molecule has 0 spiro atoms. The third-order valence-electron chi connectivity index (χ3n) is 3.27. The fraction of sp³-hybridized carbons (Fsp3) is 0.538. The number of sulfonamides is 1. The third-order valence-corrected chi connectivity index (χ3v) is 6.26. The molecule has 1 aliphatic rings. The molecule has 1 aromatic carbocycles. The van der Waals surface area contributed by atoms with E-state index in [-0.39, 0.29) is 6.04 Å². The molecule has 1 fully saturated rings. The van der Waals surface area contributed by atoms with Gasteiger partial charge in [0.2, 0.25) is 10.0 Å². The number of nitrogens with one attached hydrogen (secondary N) is 1. The standard InChI is InChI=1S/C13H19BrN2O3S/c1-10-9-19-6-5-16(10)20(17,18)13-4-3-11(8-15-2)7-12(13)14/h3-4,7,10,15H,5-6,8-9H2,1-2H3. The van der Waals surface area contributed by atoms with E-state index in [0.717, 1.165) is 5.56 Å². The summed E-state index contributed by atoms with van der Waals surface area (Å²) in [5.74, 6) is 0. The minimum atomic E-state index is -3.49. The van der Waals surface area contributed by atoms with Crippen molar-refractivity contribution < 1.29 is 13.2 Å². The van der Waals surface area contributed by atoms with Crippen molar-refractivity contribution in [3.63, 3.8) is 0 Å². The first-order valence-electron chi connectivity index (χ1n) is 6.49. The summed E-state index contributed by atoms with van der Waals surface area (Å²) in [6, 6.07) is 5.19. The van der Waals surface area contributed by atoms with E-state index in [0.29, 0.717) is 35.7 Å². The zero-order chi connectivity index (χ0) is 14.8. The van der Waals surface area contributed by atoms with E-state index in [1.165, 1.54) is 4.31 Å². The Balaban J connectivity index is 2.34. The van der Waals surface area contributed by atoms with Crippen molar-refractivity contribution in [2.75, 3.05) is 26.8 Å². The van der Waals surface area contributed by atoms with Crippen molar-refractivity contribution in [3.8, 4) is 0 Å². The maximum atomic E-state index is 12.7. The first-order chi connectivity index (χ1) is 9.46. The van der Waals surface area contributed by atoms with Gasteiger partial charge in [-0.1, -0.05) is 6.07 Å². The van der Waals surface area contributed by atoms with Crippen LogP contribution >= 0.6 is 15.9 Å². The Hall–Kier alpha value is -0.470. The minimum absolute atomic E-state index is 0.141. The molecule has 7 heteroatoms. The molecule has 0 amide bonds. The zero-order valence-corrected chi connectivity index (χ0v) is 14.0. The van der Waals surface area contributed by atoms with Crippen molar-refractivity contribution in [3.05, 3.63) is 28.2 Å². The van der Waals surface area contributed by atoms with Gasteiger partial charge in [0, 0.05) is 23.6 Å². The molecule has 1 aliphatic heterocycles. The number of hydrogen-bond acceptors (Lipinski definition) is 4. The number of hydrogen-bond donors (Lipinski definition) is 1. The molecule has 5 nitrogen and oxygen atoms in total. The third kappa shape index (κ3) is 3.23. The molecule has 1 N–H and O–H groups in total. The molecule has 0 aliphatic carbocycles. The Labute approximate surface area is 128 Å². The van der Waals surface area contributed by atoms with Crippen LogP contribution in [-0.2, 0) is 21.3 Å². The van der Waals surface area contributed by atoms with E-state index in [1.54, 1.807) is 6.07 Å². The predicted octanol–water partition coefficient (Wildman–Crippen LogP) is 1.58. The van der Waals surface area contributed by atoms with Gasteiger partial charge in [0.25, 0.3) is 0 Å². The number of morpholine rings is 1. The van der Waals surface area contributed by atoms with Crippen LogP contribution in [0.1, 0.15) is 12.5 Å². The highest BCUT2D eigenvalue weighted by Crippen LogP contribution is 2.28. The van der Waals surface area contributed by atoms with Gasteiger partial charge in [-0.3, -0.25) is 0 Å². The Morgan fingerprint density at radius 1 is 1.50 bits per heavy atom. The second-order valence-corrected chi connectivity index (χ2v) is 7.55. The van der Waals surface area contributed by atoms with Gasteiger partial charge in [-0.25, -0.2) is 8.42 Å². The summed E-state index contributed by atoms with van der Waals surface area (Å²) in [7, 11) is -1.63. The van der Waals surface area contributed by atoms with E-state index < -0.39 is 10.0 Å². The van der Waals surface area contributed by atoms with E-state index >= 15 is 0 Å². The van der Waals surface area contributed by atoms with Gasteiger partial charge in [0.15, 0.2) is 0 Å². The molecule has 20 heavy (non-hydrogen) atoms. The molecule has 0 aromatic heterocycles. The quantitative estimate of drug-likeness (QED) is 0.883. The Morgan fingerprint density at radius 3 is 2.85 bits per heavy atom. The van der Waals surface area contributed by atoms with Crippen molar-refractivity contribution >= 4 is 26.0 Å². The normalized spacial score (nSPS) is 21.1. The Kier molecular flexibility index (Phi) is 5.19. The van der Waals surface area contributed by atoms with Crippen molar-refractivity contribution in [1.82, 2.24) is 9.62 Å². The van der Waals surface area contributed by atoms with Crippen LogP contribution in [-0.4, -0.2) is 45.6 Å². The molecule has 1 aromatic rings. The van der Waals surface area contributed by atoms with E-state index in [9.17, 15) is 8.42 Å². The van der Waals surface area contributed by atoms with Crippen LogP contribution in [0, 0.1) is 0 Å². The maximum absolute atomic E-state index is 12.7. The summed E-state index contributed by atoms with van der Waals surface area (Å²) < 4.78 is 32.8. The molecule has 2 rings (SSSR count). The van der Waals surface area contributed by atoms with Crippen molar-refractivity contribution in [1.29, 1.82) is 0 Å². The lowest BCUT2D eigenvalue weighted by Gasteiger charge is -2.32. The minimum Gasteiger partial charge on any atom is -0.378 e. The fourth-order valence-electron chi connectivity index (χ4n) is 2.26. The highest BCUT2D eigenvalue weighted by Gasteiger charge is 2.32. The summed E-state index contributed by atoms with van der Waals surface area (Å²) in [5.41, 5.74) is 1.04. The zero-order valence-electron chi connectivity index (χ0n) is 11.6. The van der Waals surface area contributed by atoms with Gasteiger partial charge in [-0.2, -0.15) is 4.31 Å². The second-order valence-electron chi connectivity index (χ2n) is 4.83. The first-order valence-corrected chi connectivity index (χ1v) is 8.72. The topological polar surface area (TPSA) is 58.6 Å². The van der Waals surface area contributed by atoms with Gasteiger partial charge in [-0.05, 0) is 47.6 Å². The molecular formula is C13H19BrN2O3S. The summed E-state index contributed by atoms with van der Waals surface area (Å²) in [5, 5.41) is 3.04. The SMILES string of the molecule is CNCc1ccc(S(=O)(=O)N2CCOCC2C)c(Br)c1. The molecule has 0 radical (unpaired) electrons. The largest absolute Gasteiger partial charge is 0.378 e. The van der Waals surface area contributed by atoms with Crippen LogP contribution in [0.4, 0.5) is 0 Å². The van der Waals surface area contributed by atoms with Crippen LogP contribution in [0.2, 0.25) is 0 Å². The van der Waals surface area contributed by atoms with Crippen LogP contribution in [0.3, 0.4) is 0 Å². The molecule has 0 bridgehead atoms. The predicted molar refractivity (Wildman–Crippen MR) is 81.1 cm³/mol. The van der Waals surface area contributed by atoms with Crippen LogP contribution in [0.15, 0.2) is 27.6 Å². The lowest BCUT2D eigenvalue weighted by Crippen LogP contribution is -2.47. The Morgan fingerprint density at radius 2 is 2.25 bits per heavy atom. The van der Waals surface area contributed by atoms with E-state index in [2.05, 4.69) is 21.2 Å². The molecule has 1 heterocycles. The lowest BCUT2D eigenvalue weighted by atomic mass is 10.2. The van der Waals surface area contributed by atoms with Gasteiger partial charge in [0.05, 0.1) is 18.1 Å². The summed E-state index contributed by atoms with van der Waals surface area (Å²) >= 11 is 3.37. The van der Waals surface area contributed by atoms with E-state index in [1.807, 2.05) is 26.1 Å². The number of rotatable bonds is 4. The smallest absolute Gasteiger partial charge is 0.244 e. The molecular weight excluding hydrogens is 344 g/mol. The molecule has 1 unspecified atom stereocenters. The fourth-order valence-corrected chi connectivity index (χ4v) is 4.95. The van der Waals surface area contributed by atoms with Gasteiger partial charge in [-0.15, -0.1) is 0 Å². The van der Waals surface area contributed by atoms with Gasteiger partial charge < -0.3 is 10.1 Å². The summed E-state index contributed by atoms with van der Waals surface area (Å²) in [6.07, 6.45) is 0. The monoisotopic (exact) mass is 362 g/mol. The second kappa shape index (κ2) is 6.53. The van der Waals surface area contributed by atoms with Gasteiger partial charge >= 0.3 is 0 Å². The maximum Gasteiger partial charge on any atom is 0.244 e.